The molecule has 0 bridgehead atoms. The number of rotatable bonds is 3. The Balaban J connectivity index is 3.87. The zero-order valence-corrected chi connectivity index (χ0v) is 9.71. The first kappa shape index (κ1) is 12.1. The highest BCUT2D eigenvalue weighted by molar-refractivity contribution is 14.1. The summed E-state index contributed by atoms with van der Waals surface area (Å²) in [6.07, 6.45) is 0. The summed E-state index contributed by atoms with van der Waals surface area (Å²) in [5.74, 6) is -0.181. The second kappa shape index (κ2) is 4.98. The van der Waals surface area contributed by atoms with Crippen LogP contribution in [0, 0.1) is 0 Å². The van der Waals surface area contributed by atoms with Crippen LogP contribution in [0.2, 0.25) is 0 Å². The Hall–Kier alpha value is 0.120. The molecule has 0 radical (unpaired) electrons. The maximum Gasteiger partial charge on any atom is 0.239 e. The lowest BCUT2D eigenvalue weighted by Crippen LogP contribution is -2.50. The number of hydrogen-bond acceptors (Lipinski definition) is 3. The van der Waals surface area contributed by atoms with Gasteiger partial charge in [-0.15, -0.1) is 0 Å². The molecule has 0 aliphatic rings. The van der Waals surface area contributed by atoms with Crippen LogP contribution in [0.1, 0.15) is 20.8 Å². The summed E-state index contributed by atoms with van der Waals surface area (Å²) in [5.41, 5.74) is 5.26. The molecular weight excluding hydrogens is 271 g/mol. The highest BCUT2D eigenvalue weighted by Gasteiger charge is 2.19. The zero-order chi connectivity index (χ0) is 9.78. The van der Waals surface area contributed by atoms with E-state index >= 15 is 0 Å². The topological polar surface area (TPSA) is 64.4 Å². The predicted octanol–water partition coefficient (Wildman–Crippen LogP) is 0.595. The summed E-state index contributed by atoms with van der Waals surface area (Å²) >= 11 is 1.71. The minimum Gasteiger partial charge on any atom is -0.350 e. The molecule has 0 saturated carbocycles. The van der Waals surface area contributed by atoms with Crippen LogP contribution in [0.25, 0.3) is 0 Å². The smallest absolute Gasteiger partial charge is 0.239 e. The van der Waals surface area contributed by atoms with Crippen LogP contribution in [0.4, 0.5) is 0 Å². The molecule has 72 valence electrons. The van der Waals surface area contributed by atoms with Gasteiger partial charge in [0.15, 0.2) is 0 Å². The molecule has 3 N–H and O–H groups in total. The van der Waals surface area contributed by atoms with E-state index in [1.165, 1.54) is 0 Å². The minimum atomic E-state index is -0.582. The first-order valence-corrected chi connectivity index (χ1v) is 4.56. The number of amides is 1. The maximum atomic E-state index is 11.2. The van der Waals surface area contributed by atoms with Crippen molar-refractivity contribution < 1.29 is 7.86 Å². The molecule has 0 rings (SSSR count). The van der Waals surface area contributed by atoms with Crippen molar-refractivity contribution in [3.05, 3.63) is 0 Å². The van der Waals surface area contributed by atoms with E-state index in [0.29, 0.717) is 0 Å². The Bertz CT molecular complexity index is 156. The predicted molar refractivity (Wildman–Crippen MR) is 55.8 cm³/mol. The van der Waals surface area contributed by atoms with E-state index in [-0.39, 0.29) is 18.1 Å². The molecule has 0 heterocycles. The van der Waals surface area contributed by atoms with Crippen molar-refractivity contribution in [3.63, 3.8) is 0 Å². The van der Waals surface area contributed by atoms with E-state index in [9.17, 15) is 4.79 Å². The third-order valence-electron chi connectivity index (χ3n) is 1.08. The van der Waals surface area contributed by atoms with Crippen molar-refractivity contribution in [2.45, 2.75) is 32.4 Å². The monoisotopic (exact) mass is 286 g/mol. The molecule has 0 spiro atoms. The van der Waals surface area contributed by atoms with Crippen molar-refractivity contribution in [2.75, 3.05) is 6.61 Å². The molecule has 0 saturated heterocycles. The summed E-state index contributed by atoms with van der Waals surface area (Å²) in [6.45, 7) is 5.95. The Morgan fingerprint density at radius 2 is 2.17 bits per heavy atom. The third kappa shape index (κ3) is 5.73. The van der Waals surface area contributed by atoms with Crippen LogP contribution in [0.5, 0.6) is 0 Å². The summed E-state index contributed by atoms with van der Waals surface area (Å²) in [4.78, 5) is 11.2. The fraction of sp³-hybridized carbons (Fsp3) is 0.857. The SMILES string of the molecule is CC(C)(C)NC(=O)C(N)COI. The van der Waals surface area contributed by atoms with Crippen LogP contribution in [-0.2, 0) is 7.86 Å². The number of carbonyl (C=O) groups excluding carboxylic acids is 1. The molecule has 1 atom stereocenters. The van der Waals surface area contributed by atoms with Gasteiger partial charge in [-0.3, -0.25) is 4.79 Å². The van der Waals surface area contributed by atoms with Gasteiger partial charge in [0.25, 0.3) is 0 Å². The molecule has 0 aromatic rings. The summed E-state index contributed by atoms with van der Waals surface area (Å²) in [5, 5.41) is 2.76. The maximum absolute atomic E-state index is 11.2. The summed E-state index contributed by atoms with van der Waals surface area (Å²) in [7, 11) is 0. The Morgan fingerprint density at radius 3 is 2.50 bits per heavy atom. The Kier molecular flexibility index (Phi) is 5.03. The second-order valence-electron chi connectivity index (χ2n) is 3.62. The number of halogens is 1. The van der Waals surface area contributed by atoms with Crippen molar-refractivity contribution in [1.29, 1.82) is 0 Å². The standard InChI is InChI=1S/C7H15IN2O2/c1-7(2,3)10-6(11)5(9)4-12-8/h5H,4,9H2,1-3H3,(H,10,11). The van der Waals surface area contributed by atoms with Crippen molar-refractivity contribution in [1.82, 2.24) is 5.32 Å². The van der Waals surface area contributed by atoms with Crippen molar-refractivity contribution >= 4 is 28.9 Å². The van der Waals surface area contributed by atoms with Crippen LogP contribution in [-0.4, -0.2) is 24.1 Å². The number of carbonyl (C=O) groups is 1. The Labute approximate surface area is 86.9 Å². The van der Waals surface area contributed by atoms with Crippen molar-refractivity contribution in [3.8, 4) is 0 Å². The van der Waals surface area contributed by atoms with Gasteiger partial charge < -0.3 is 14.1 Å². The summed E-state index contributed by atoms with van der Waals surface area (Å²) in [6, 6.07) is -0.582. The van der Waals surface area contributed by atoms with E-state index in [0.717, 1.165) is 0 Å². The first-order valence-electron chi connectivity index (χ1n) is 3.68. The molecule has 1 amide bonds. The lowest BCUT2D eigenvalue weighted by atomic mass is 10.1. The highest BCUT2D eigenvalue weighted by Crippen LogP contribution is 1.99. The number of nitrogens with one attached hydrogen (secondary N) is 1. The quantitative estimate of drug-likeness (QED) is 0.747. The molecule has 0 aliphatic carbocycles. The first-order chi connectivity index (χ1) is 5.37. The Morgan fingerprint density at radius 1 is 1.67 bits per heavy atom. The largest absolute Gasteiger partial charge is 0.350 e. The van der Waals surface area contributed by atoms with Crippen LogP contribution >= 0.6 is 23.0 Å². The van der Waals surface area contributed by atoms with Crippen molar-refractivity contribution in [2.24, 2.45) is 5.73 Å². The third-order valence-corrected chi connectivity index (χ3v) is 1.44. The van der Waals surface area contributed by atoms with Gasteiger partial charge in [-0.2, -0.15) is 0 Å². The van der Waals surface area contributed by atoms with Crippen LogP contribution < -0.4 is 11.1 Å². The van der Waals surface area contributed by atoms with Gasteiger partial charge in [-0.1, -0.05) is 0 Å². The van der Waals surface area contributed by atoms with E-state index in [2.05, 4.69) is 5.32 Å². The average Bonchev–Trinajstić information content (AvgIpc) is 1.84. The summed E-state index contributed by atoms with van der Waals surface area (Å²) < 4.78 is 4.72. The van der Waals surface area contributed by atoms with E-state index in [4.69, 9.17) is 8.80 Å². The fourth-order valence-corrected chi connectivity index (χ4v) is 0.993. The number of hydrogen-bond donors (Lipinski definition) is 2. The molecule has 12 heavy (non-hydrogen) atoms. The highest BCUT2D eigenvalue weighted by atomic mass is 127. The van der Waals surface area contributed by atoms with Gasteiger partial charge in [-0.05, 0) is 20.8 Å². The van der Waals surface area contributed by atoms with Gasteiger partial charge in [0.05, 0.1) is 6.61 Å². The van der Waals surface area contributed by atoms with Gasteiger partial charge in [0.2, 0.25) is 5.91 Å². The van der Waals surface area contributed by atoms with Gasteiger partial charge in [0, 0.05) is 5.54 Å². The fourth-order valence-electron chi connectivity index (χ4n) is 0.606. The number of nitrogens with two attached hydrogens (primary N) is 1. The van der Waals surface area contributed by atoms with E-state index < -0.39 is 6.04 Å². The molecule has 0 aromatic heterocycles. The van der Waals surface area contributed by atoms with Gasteiger partial charge in [-0.25, -0.2) is 0 Å². The average molecular weight is 286 g/mol. The van der Waals surface area contributed by atoms with Gasteiger partial charge in [0.1, 0.15) is 29.0 Å². The molecule has 4 nitrogen and oxygen atoms in total. The zero-order valence-electron chi connectivity index (χ0n) is 7.56. The second-order valence-corrected chi connectivity index (χ2v) is 4.24. The van der Waals surface area contributed by atoms with Crippen LogP contribution in [0.3, 0.4) is 0 Å². The van der Waals surface area contributed by atoms with Crippen LogP contribution in [0.15, 0.2) is 0 Å². The van der Waals surface area contributed by atoms with E-state index in [1.54, 1.807) is 23.0 Å². The van der Waals surface area contributed by atoms with E-state index in [1.807, 2.05) is 20.8 Å². The molecule has 5 heteroatoms. The molecule has 0 aromatic carbocycles. The normalized spacial score (nSPS) is 14.1. The van der Waals surface area contributed by atoms with Gasteiger partial charge >= 0.3 is 0 Å². The molecule has 1 unspecified atom stereocenters. The molecule has 0 aliphatic heterocycles. The molecule has 0 fully saturated rings. The lowest BCUT2D eigenvalue weighted by molar-refractivity contribution is -0.124. The minimum absolute atomic E-state index is 0.181. The lowest BCUT2D eigenvalue weighted by Gasteiger charge is -2.22. The molecular formula is C7H15IN2O2.